The predicted molar refractivity (Wildman–Crippen MR) is 55.0 cm³/mol. The summed E-state index contributed by atoms with van der Waals surface area (Å²) in [7, 11) is 0. The third-order valence-electron chi connectivity index (χ3n) is 1.93. The van der Waals surface area contributed by atoms with Crippen molar-refractivity contribution in [2.24, 2.45) is 0 Å². The lowest BCUT2D eigenvalue weighted by Gasteiger charge is -2.01. The van der Waals surface area contributed by atoms with Crippen molar-refractivity contribution in [2.75, 3.05) is 5.32 Å². The summed E-state index contributed by atoms with van der Waals surface area (Å²) in [5.41, 5.74) is 1.15. The van der Waals surface area contributed by atoms with E-state index in [1.165, 1.54) is 12.3 Å². The Hall–Kier alpha value is -1.75. The summed E-state index contributed by atoms with van der Waals surface area (Å²) in [6.07, 6.45) is 2.98. The van der Waals surface area contributed by atoms with Gasteiger partial charge in [0.1, 0.15) is 5.82 Å². The van der Waals surface area contributed by atoms with E-state index in [0.717, 1.165) is 5.56 Å². The zero-order valence-corrected chi connectivity index (χ0v) is 8.63. The average molecular weight is 226 g/mol. The zero-order chi connectivity index (χ0) is 10.8. The van der Waals surface area contributed by atoms with Crippen molar-refractivity contribution in [3.63, 3.8) is 0 Å². The topological polar surface area (TPSA) is 70.9 Å². The Balaban J connectivity index is 2.18. The summed E-state index contributed by atoms with van der Waals surface area (Å²) in [5.74, 6) is 0.221. The SMILES string of the molecule is Cc1cn[nH]c1NC(=O)c1ccoc1Cl. The molecule has 0 saturated carbocycles. The van der Waals surface area contributed by atoms with Gasteiger partial charge in [0.25, 0.3) is 5.91 Å². The second-order valence-electron chi connectivity index (χ2n) is 2.99. The molecule has 5 nitrogen and oxygen atoms in total. The van der Waals surface area contributed by atoms with E-state index in [9.17, 15) is 4.79 Å². The zero-order valence-electron chi connectivity index (χ0n) is 7.87. The quantitative estimate of drug-likeness (QED) is 0.823. The van der Waals surface area contributed by atoms with Crippen LogP contribution in [0.1, 0.15) is 15.9 Å². The summed E-state index contributed by atoms with van der Waals surface area (Å²) in [4.78, 5) is 11.6. The van der Waals surface area contributed by atoms with Crippen LogP contribution < -0.4 is 5.32 Å². The fourth-order valence-electron chi connectivity index (χ4n) is 1.11. The largest absolute Gasteiger partial charge is 0.452 e. The third kappa shape index (κ3) is 1.87. The molecule has 0 aromatic carbocycles. The van der Waals surface area contributed by atoms with Gasteiger partial charge >= 0.3 is 0 Å². The maximum absolute atomic E-state index is 11.6. The Morgan fingerprint density at radius 2 is 2.47 bits per heavy atom. The van der Waals surface area contributed by atoms with E-state index in [1.807, 2.05) is 6.92 Å². The van der Waals surface area contributed by atoms with Gasteiger partial charge in [-0.3, -0.25) is 9.89 Å². The fraction of sp³-hybridized carbons (Fsp3) is 0.111. The number of amides is 1. The molecular formula is C9H8ClN3O2. The Kier molecular flexibility index (Phi) is 2.47. The number of hydrogen-bond acceptors (Lipinski definition) is 3. The maximum atomic E-state index is 11.6. The van der Waals surface area contributed by atoms with Crippen molar-refractivity contribution in [1.82, 2.24) is 10.2 Å². The highest BCUT2D eigenvalue weighted by atomic mass is 35.5. The molecule has 2 aromatic rings. The van der Waals surface area contributed by atoms with Crippen LogP contribution in [0, 0.1) is 6.92 Å². The molecule has 6 heteroatoms. The van der Waals surface area contributed by atoms with Crippen LogP contribution in [0.25, 0.3) is 0 Å². The van der Waals surface area contributed by atoms with Crippen molar-refractivity contribution in [1.29, 1.82) is 0 Å². The number of anilines is 1. The highest BCUT2D eigenvalue weighted by Gasteiger charge is 2.14. The van der Waals surface area contributed by atoms with Gasteiger partial charge in [0, 0.05) is 5.56 Å². The highest BCUT2D eigenvalue weighted by molar-refractivity contribution is 6.32. The van der Waals surface area contributed by atoms with E-state index in [-0.39, 0.29) is 11.1 Å². The summed E-state index contributed by atoms with van der Waals surface area (Å²) < 4.78 is 4.81. The average Bonchev–Trinajstić information content (AvgIpc) is 2.76. The van der Waals surface area contributed by atoms with Gasteiger partial charge in [-0.1, -0.05) is 0 Å². The molecule has 0 saturated heterocycles. The molecular weight excluding hydrogens is 218 g/mol. The van der Waals surface area contributed by atoms with Gasteiger partial charge in [0.05, 0.1) is 18.0 Å². The van der Waals surface area contributed by atoms with Crippen molar-refractivity contribution in [3.8, 4) is 0 Å². The molecule has 15 heavy (non-hydrogen) atoms. The molecule has 78 valence electrons. The number of carbonyl (C=O) groups excluding carboxylic acids is 1. The van der Waals surface area contributed by atoms with E-state index >= 15 is 0 Å². The normalized spacial score (nSPS) is 10.3. The number of halogens is 1. The van der Waals surface area contributed by atoms with Gasteiger partial charge in [0.2, 0.25) is 5.22 Å². The number of carbonyl (C=O) groups is 1. The molecule has 2 N–H and O–H groups in total. The number of aryl methyl sites for hydroxylation is 1. The fourth-order valence-corrected chi connectivity index (χ4v) is 1.31. The summed E-state index contributed by atoms with van der Waals surface area (Å²) in [6.45, 7) is 1.83. The molecule has 2 rings (SSSR count). The molecule has 0 radical (unpaired) electrons. The lowest BCUT2D eigenvalue weighted by molar-refractivity contribution is 0.102. The van der Waals surface area contributed by atoms with Crippen LogP contribution in [0.4, 0.5) is 5.82 Å². The monoisotopic (exact) mass is 225 g/mol. The minimum Gasteiger partial charge on any atom is -0.452 e. The third-order valence-corrected chi connectivity index (χ3v) is 2.22. The first-order chi connectivity index (χ1) is 7.18. The molecule has 0 aliphatic rings. The van der Waals surface area contributed by atoms with Crippen LogP contribution >= 0.6 is 11.6 Å². The van der Waals surface area contributed by atoms with Crippen LogP contribution in [0.5, 0.6) is 0 Å². The van der Waals surface area contributed by atoms with Crippen LogP contribution in [0.2, 0.25) is 5.22 Å². The summed E-state index contributed by atoms with van der Waals surface area (Å²) >= 11 is 5.66. The highest BCUT2D eigenvalue weighted by Crippen LogP contribution is 2.18. The Morgan fingerprint density at radius 1 is 1.67 bits per heavy atom. The van der Waals surface area contributed by atoms with Crippen molar-refractivity contribution >= 4 is 23.3 Å². The van der Waals surface area contributed by atoms with Crippen LogP contribution in [0.3, 0.4) is 0 Å². The molecule has 0 bridgehead atoms. The van der Waals surface area contributed by atoms with Gasteiger partial charge in [-0.25, -0.2) is 0 Å². The van der Waals surface area contributed by atoms with Crippen LogP contribution in [-0.2, 0) is 0 Å². The van der Waals surface area contributed by atoms with E-state index < -0.39 is 0 Å². The summed E-state index contributed by atoms with van der Waals surface area (Å²) in [6, 6.07) is 1.50. The van der Waals surface area contributed by atoms with Gasteiger partial charge in [-0.15, -0.1) is 0 Å². The molecule has 0 aliphatic carbocycles. The van der Waals surface area contributed by atoms with E-state index in [2.05, 4.69) is 15.5 Å². The van der Waals surface area contributed by atoms with E-state index in [4.69, 9.17) is 16.0 Å². The molecule has 0 spiro atoms. The number of rotatable bonds is 2. The minimum atomic E-state index is -0.332. The lowest BCUT2D eigenvalue weighted by atomic mass is 10.3. The molecule has 0 aliphatic heterocycles. The number of aromatic amines is 1. The Bertz CT molecular complexity index is 489. The molecule has 1 amide bonds. The number of hydrogen-bond donors (Lipinski definition) is 2. The molecule has 0 unspecified atom stereocenters. The first-order valence-corrected chi connectivity index (χ1v) is 4.60. The van der Waals surface area contributed by atoms with E-state index in [0.29, 0.717) is 11.4 Å². The summed E-state index contributed by atoms with van der Waals surface area (Å²) in [5, 5.41) is 9.15. The van der Waals surface area contributed by atoms with Gasteiger partial charge < -0.3 is 9.73 Å². The lowest BCUT2D eigenvalue weighted by Crippen LogP contribution is -2.12. The molecule has 0 fully saturated rings. The first-order valence-electron chi connectivity index (χ1n) is 4.23. The Labute approximate surface area is 90.4 Å². The minimum absolute atomic E-state index is 0.0738. The molecule has 2 aromatic heterocycles. The second kappa shape index (κ2) is 3.78. The van der Waals surface area contributed by atoms with Crippen LogP contribution in [0.15, 0.2) is 22.9 Å². The molecule has 0 atom stereocenters. The number of H-pyrrole nitrogens is 1. The number of aromatic nitrogens is 2. The second-order valence-corrected chi connectivity index (χ2v) is 3.33. The predicted octanol–water partition coefficient (Wildman–Crippen LogP) is 2.22. The van der Waals surface area contributed by atoms with Crippen LogP contribution in [-0.4, -0.2) is 16.1 Å². The smallest absolute Gasteiger partial charge is 0.261 e. The standard InChI is InChI=1S/C9H8ClN3O2/c1-5-4-11-13-8(5)12-9(14)6-2-3-15-7(6)10/h2-4H,1H3,(H2,11,12,13,14). The number of nitrogens with one attached hydrogen (secondary N) is 2. The molecule has 2 heterocycles. The van der Waals surface area contributed by atoms with Crippen molar-refractivity contribution in [2.45, 2.75) is 6.92 Å². The maximum Gasteiger partial charge on any atom is 0.261 e. The van der Waals surface area contributed by atoms with Gasteiger partial charge in [0.15, 0.2) is 0 Å². The van der Waals surface area contributed by atoms with E-state index in [1.54, 1.807) is 6.20 Å². The Morgan fingerprint density at radius 3 is 3.00 bits per heavy atom. The van der Waals surface area contributed by atoms with Gasteiger partial charge in [-0.2, -0.15) is 5.10 Å². The first kappa shape index (κ1) is 9.79. The van der Waals surface area contributed by atoms with Crippen molar-refractivity contribution in [3.05, 3.63) is 34.9 Å². The number of nitrogens with zero attached hydrogens (tertiary/aromatic N) is 1. The number of furan rings is 1. The van der Waals surface area contributed by atoms with Crippen molar-refractivity contribution < 1.29 is 9.21 Å². The van der Waals surface area contributed by atoms with Gasteiger partial charge in [-0.05, 0) is 24.6 Å².